The highest BCUT2D eigenvalue weighted by Gasteiger charge is 2.25. The van der Waals surface area contributed by atoms with Crippen LogP contribution >= 0.6 is 0 Å². The van der Waals surface area contributed by atoms with Gasteiger partial charge in [0.05, 0.1) is 0 Å². The normalized spacial score (nSPS) is 18.5. The zero-order valence-electron chi connectivity index (χ0n) is 18.5. The van der Waals surface area contributed by atoms with Crippen LogP contribution in [0.2, 0.25) is 0 Å². The molecule has 0 heterocycles. The predicted octanol–water partition coefficient (Wildman–Crippen LogP) is 4.27. The maximum Gasteiger partial charge on any atom is 0.251 e. The first kappa shape index (κ1) is 23.9. The maximum atomic E-state index is 12.3. The predicted molar refractivity (Wildman–Crippen MR) is 120 cm³/mol. The Labute approximate surface area is 180 Å². The first-order valence-corrected chi connectivity index (χ1v) is 11.5. The first-order valence-electron chi connectivity index (χ1n) is 11.5. The van der Waals surface area contributed by atoms with E-state index in [4.69, 9.17) is 0 Å². The van der Waals surface area contributed by atoms with Crippen molar-refractivity contribution >= 4 is 23.4 Å². The van der Waals surface area contributed by atoms with Crippen molar-refractivity contribution in [1.82, 2.24) is 10.6 Å². The average Bonchev–Trinajstić information content (AvgIpc) is 2.76. The van der Waals surface area contributed by atoms with Gasteiger partial charge in [-0.3, -0.25) is 14.4 Å². The van der Waals surface area contributed by atoms with Crippen LogP contribution in [0, 0.1) is 11.8 Å². The van der Waals surface area contributed by atoms with Crippen LogP contribution in [0.5, 0.6) is 0 Å². The molecule has 0 aromatic heterocycles. The van der Waals surface area contributed by atoms with E-state index in [0.717, 1.165) is 38.0 Å². The summed E-state index contributed by atoms with van der Waals surface area (Å²) in [5.74, 6) is 0.811. The van der Waals surface area contributed by atoms with Crippen LogP contribution in [-0.4, -0.2) is 30.8 Å². The number of nitrogens with one attached hydrogen (secondary N) is 3. The van der Waals surface area contributed by atoms with Crippen molar-refractivity contribution < 1.29 is 14.4 Å². The summed E-state index contributed by atoms with van der Waals surface area (Å²) in [6, 6.07) is 6.82. The molecule has 1 aromatic carbocycles. The summed E-state index contributed by atoms with van der Waals surface area (Å²) in [5.41, 5.74) is 1.21. The third-order valence-electron chi connectivity index (χ3n) is 5.80. The van der Waals surface area contributed by atoms with Crippen molar-refractivity contribution in [2.75, 3.05) is 18.4 Å². The van der Waals surface area contributed by atoms with E-state index in [1.165, 1.54) is 19.3 Å². The van der Waals surface area contributed by atoms with Crippen molar-refractivity contribution in [2.45, 2.75) is 71.6 Å². The van der Waals surface area contributed by atoms with Gasteiger partial charge < -0.3 is 16.0 Å². The molecule has 0 radical (unpaired) electrons. The maximum absolute atomic E-state index is 12.3. The number of carbonyl (C=O) groups is 3. The van der Waals surface area contributed by atoms with Gasteiger partial charge in [-0.25, -0.2) is 0 Å². The molecule has 1 aliphatic carbocycles. The van der Waals surface area contributed by atoms with Gasteiger partial charge in [0, 0.05) is 36.7 Å². The molecule has 2 rings (SSSR count). The first-order chi connectivity index (χ1) is 14.5. The zero-order chi connectivity index (χ0) is 21.8. The van der Waals surface area contributed by atoms with Gasteiger partial charge >= 0.3 is 0 Å². The number of amides is 3. The molecule has 0 unspecified atom stereocenters. The van der Waals surface area contributed by atoms with Crippen LogP contribution in [0.15, 0.2) is 24.3 Å². The highest BCUT2D eigenvalue weighted by atomic mass is 16.2. The lowest BCUT2D eigenvalue weighted by Gasteiger charge is -2.27. The summed E-state index contributed by atoms with van der Waals surface area (Å²) in [5, 5.41) is 8.59. The molecule has 1 fully saturated rings. The molecule has 30 heavy (non-hydrogen) atoms. The Morgan fingerprint density at radius 3 is 2.20 bits per heavy atom. The molecule has 6 nitrogen and oxygen atoms in total. The van der Waals surface area contributed by atoms with Crippen molar-refractivity contribution in [3.8, 4) is 0 Å². The molecular formula is C24H37N3O3. The Kier molecular flexibility index (Phi) is 10.4. The van der Waals surface area contributed by atoms with Crippen LogP contribution in [0.4, 0.5) is 5.69 Å². The minimum absolute atomic E-state index is 0.0279. The fourth-order valence-electron chi connectivity index (χ4n) is 3.97. The molecule has 0 bridgehead atoms. The van der Waals surface area contributed by atoms with Crippen LogP contribution < -0.4 is 16.0 Å². The van der Waals surface area contributed by atoms with Crippen molar-refractivity contribution in [3.05, 3.63) is 29.8 Å². The van der Waals surface area contributed by atoms with E-state index in [1.807, 2.05) is 6.92 Å². The summed E-state index contributed by atoms with van der Waals surface area (Å²) >= 11 is 0. The monoisotopic (exact) mass is 415 g/mol. The third kappa shape index (κ3) is 8.17. The second kappa shape index (κ2) is 13.0. The van der Waals surface area contributed by atoms with Gasteiger partial charge in [0.15, 0.2) is 0 Å². The zero-order valence-corrected chi connectivity index (χ0v) is 18.5. The third-order valence-corrected chi connectivity index (χ3v) is 5.80. The molecule has 166 valence electrons. The highest BCUT2D eigenvalue weighted by molar-refractivity contribution is 5.95. The molecule has 3 amide bonds. The van der Waals surface area contributed by atoms with E-state index in [2.05, 4.69) is 22.9 Å². The number of rotatable bonds is 11. The van der Waals surface area contributed by atoms with E-state index >= 15 is 0 Å². The summed E-state index contributed by atoms with van der Waals surface area (Å²) in [7, 11) is 0. The van der Waals surface area contributed by atoms with Gasteiger partial charge in [0.2, 0.25) is 11.8 Å². The van der Waals surface area contributed by atoms with Gasteiger partial charge in [-0.05, 0) is 62.3 Å². The minimum atomic E-state index is -0.188. The number of hydrogen-bond acceptors (Lipinski definition) is 3. The molecule has 6 heteroatoms. The fraction of sp³-hybridized carbons (Fsp3) is 0.625. The van der Waals surface area contributed by atoms with Gasteiger partial charge in [0.1, 0.15) is 0 Å². The lowest BCUT2D eigenvalue weighted by atomic mass is 9.79. The molecule has 3 N–H and O–H groups in total. The Hall–Kier alpha value is -2.37. The van der Waals surface area contributed by atoms with E-state index in [-0.39, 0.29) is 23.6 Å². The second-order valence-electron chi connectivity index (χ2n) is 8.28. The molecule has 0 saturated heterocycles. The summed E-state index contributed by atoms with van der Waals surface area (Å²) in [6.07, 6.45) is 9.37. The number of unbranched alkanes of at least 4 members (excludes halogenated alkanes) is 1. The van der Waals surface area contributed by atoms with Crippen molar-refractivity contribution in [3.63, 3.8) is 0 Å². The number of carbonyl (C=O) groups excluding carboxylic acids is 3. The lowest BCUT2D eigenvalue weighted by molar-refractivity contribution is -0.126. The molecular weight excluding hydrogens is 378 g/mol. The summed E-state index contributed by atoms with van der Waals surface area (Å²) in [4.78, 5) is 36.2. The number of hydrogen-bond donors (Lipinski definition) is 3. The highest BCUT2D eigenvalue weighted by Crippen LogP contribution is 2.31. The van der Waals surface area contributed by atoms with Crippen molar-refractivity contribution in [1.29, 1.82) is 0 Å². The van der Waals surface area contributed by atoms with Gasteiger partial charge in [0.25, 0.3) is 5.91 Å². The Morgan fingerprint density at radius 1 is 0.900 bits per heavy atom. The summed E-state index contributed by atoms with van der Waals surface area (Å²) in [6.45, 7) is 5.01. The quantitative estimate of drug-likeness (QED) is 0.472. The Bertz CT molecular complexity index is 679. The number of benzene rings is 1. The van der Waals surface area contributed by atoms with E-state index in [0.29, 0.717) is 30.8 Å². The molecule has 0 aliphatic heterocycles. The van der Waals surface area contributed by atoms with E-state index in [9.17, 15) is 14.4 Å². The van der Waals surface area contributed by atoms with Crippen LogP contribution in [0.25, 0.3) is 0 Å². The van der Waals surface area contributed by atoms with Crippen LogP contribution in [-0.2, 0) is 9.59 Å². The van der Waals surface area contributed by atoms with Gasteiger partial charge in [-0.1, -0.05) is 33.1 Å². The molecule has 0 spiro atoms. The van der Waals surface area contributed by atoms with Crippen LogP contribution in [0.3, 0.4) is 0 Å². The molecule has 0 atom stereocenters. The van der Waals surface area contributed by atoms with Crippen molar-refractivity contribution in [2.24, 2.45) is 11.8 Å². The molecule has 1 aromatic rings. The smallest absolute Gasteiger partial charge is 0.251 e. The van der Waals surface area contributed by atoms with Crippen LogP contribution in [0.1, 0.15) is 82.0 Å². The largest absolute Gasteiger partial charge is 0.354 e. The minimum Gasteiger partial charge on any atom is -0.354 e. The fourth-order valence-corrected chi connectivity index (χ4v) is 3.97. The SMILES string of the molecule is CCCCC1CCC(C(=O)NCCNC(=O)c2ccc(NC(=O)CCC)cc2)CC1. The Balaban J connectivity index is 1.64. The van der Waals surface area contributed by atoms with E-state index < -0.39 is 0 Å². The standard InChI is InChI=1S/C24H37N3O3/c1-3-5-7-18-8-10-19(11-9-18)23(29)25-16-17-26-24(30)20-12-14-21(15-13-20)27-22(28)6-4-2/h12-15,18-19H,3-11,16-17H2,1-2H3,(H,25,29)(H,26,30)(H,27,28). The van der Waals surface area contributed by atoms with Gasteiger partial charge in [-0.2, -0.15) is 0 Å². The second-order valence-corrected chi connectivity index (χ2v) is 8.28. The van der Waals surface area contributed by atoms with E-state index in [1.54, 1.807) is 24.3 Å². The van der Waals surface area contributed by atoms with Gasteiger partial charge in [-0.15, -0.1) is 0 Å². The number of anilines is 1. The topological polar surface area (TPSA) is 87.3 Å². The molecule has 1 aliphatic rings. The molecule has 1 saturated carbocycles. The lowest BCUT2D eigenvalue weighted by Crippen LogP contribution is -2.38. The Morgan fingerprint density at radius 2 is 1.57 bits per heavy atom. The summed E-state index contributed by atoms with van der Waals surface area (Å²) < 4.78 is 0. The average molecular weight is 416 g/mol.